The van der Waals surface area contributed by atoms with Gasteiger partial charge in [0.15, 0.2) is 5.76 Å². The van der Waals surface area contributed by atoms with E-state index in [1.807, 2.05) is 37.3 Å². The van der Waals surface area contributed by atoms with E-state index in [1.165, 1.54) is 6.92 Å². The van der Waals surface area contributed by atoms with Gasteiger partial charge in [0, 0.05) is 5.56 Å². The molecule has 28 heavy (non-hydrogen) atoms. The van der Waals surface area contributed by atoms with Crippen LogP contribution in [0.3, 0.4) is 0 Å². The predicted octanol–water partition coefficient (Wildman–Crippen LogP) is 3.58. The van der Waals surface area contributed by atoms with Crippen LogP contribution in [-0.2, 0) is 10.2 Å². The summed E-state index contributed by atoms with van der Waals surface area (Å²) >= 11 is 0. The van der Waals surface area contributed by atoms with Gasteiger partial charge in [0.05, 0.1) is 11.4 Å². The van der Waals surface area contributed by atoms with Gasteiger partial charge >= 0.3 is 0 Å². The lowest BCUT2D eigenvalue weighted by atomic mass is 9.86. The molecule has 3 rings (SSSR count). The summed E-state index contributed by atoms with van der Waals surface area (Å²) in [5.41, 5.74) is 2.63. The summed E-state index contributed by atoms with van der Waals surface area (Å²) in [6, 6.07) is 12.9. The first-order chi connectivity index (χ1) is 13.1. The Kier molecular flexibility index (Phi) is 5.02. The van der Waals surface area contributed by atoms with E-state index in [0.717, 1.165) is 11.1 Å². The smallest absolute Gasteiger partial charge is 0.235 e. The number of carbonyl (C=O) groups is 1. The average molecular weight is 379 g/mol. The third-order valence-electron chi connectivity index (χ3n) is 4.64. The Morgan fingerprint density at radius 3 is 2.32 bits per heavy atom. The van der Waals surface area contributed by atoms with Crippen LogP contribution >= 0.6 is 0 Å². The van der Waals surface area contributed by atoms with Crippen molar-refractivity contribution in [3.63, 3.8) is 0 Å². The highest BCUT2D eigenvalue weighted by Crippen LogP contribution is 2.33. The summed E-state index contributed by atoms with van der Waals surface area (Å²) in [7, 11) is 0. The van der Waals surface area contributed by atoms with Gasteiger partial charge < -0.3 is 19.1 Å². The first-order valence-electron chi connectivity index (χ1n) is 9.14. The third kappa shape index (κ3) is 3.79. The largest absolute Gasteiger partial charge is 0.546 e. The quantitative estimate of drug-likeness (QED) is 0.692. The molecule has 0 saturated heterocycles. The zero-order valence-corrected chi connectivity index (χ0v) is 16.7. The standard InChI is InChI=1S/C23H24O5/c1-13-6-11-18-17(12-13)19(24)21(27-14(2)22(25)26)20(28-18)15-7-9-16(10-8-15)23(3,4)5/h6-12,14H,1-5H3,(H,25,26)/p-1. The molecule has 146 valence electrons. The van der Waals surface area contributed by atoms with Gasteiger partial charge in [-0.1, -0.05) is 56.7 Å². The molecule has 0 aliphatic heterocycles. The van der Waals surface area contributed by atoms with Crippen LogP contribution in [0.15, 0.2) is 51.7 Å². The lowest BCUT2D eigenvalue weighted by Gasteiger charge is -2.20. The Hall–Kier alpha value is -3.08. The summed E-state index contributed by atoms with van der Waals surface area (Å²) in [5.74, 6) is -1.33. The van der Waals surface area contributed by atoms with Crippen LogP contribution in [-0.4, -0.2) is 12.1 Å². The Morgan fingerprint density at radius 2 is 1.75 bits per heavy atom. The monoisotopic (exact) mass is 379 g/mol. The molecule has 3 aromatic rings. The number of hydrogen-bond donors (Lipinski definition) is 0. The van der Waals surface area contributed by atoms with Gasteiger partial charge in [0.2, 0.25) is 11.2 Å². The van der Waals surface area contributed by atoms with Crippen LogP contribution in [0.1, 0.15) is 38.8 Å². The fourth-order valence-electron chi connectivity index (χ4n) is 2.94. The normalized spacial score (nSPS) is 12.8. The highest BCUT2D eigenvalue weighted by Gasteiger charge is 2.21. The number of aliphatic carboxylic acids is 1. The summed E-state index contributed by atoms with van der Waals surface area (Å²) in [4.78, 5) is 24.2. The molecule has 0 bridgehead atoms. The maximum atomic E-state index is 13.1. The lowest BCUT2D eigenvalue weighted by Crippen LogP contribution is -2.38. The molecule has 5 heteroatoms. The molecule has 0 N–H and O–H groups in total. The zero-order chi connectivity index (χ0) is 20.6. The number of carboxylic acid groups (broad SMARTS) is 1. The van der Waals surface area contributed by atoms with Crippen molar-refractivity contribution in [3.05, 3.63) is 63.8 Å². The van der Waals surface area contributed by atoms with Crippen LogP contribution in [0.25, 0.3) is 22.3 Å². The number of ether oxygens (including phenoxy) is 1. The first-order valence-corrected chi connectivity index (χ1v) is 9.14. The number of benzene rings is 2. The number of carboxylic acids is 1. The number of hydrogen-bond acceptors (Lipinski definition) is 5. The number of carbonyl (C=O) groups excluding carboxylic acids is 1. The van der Waals surface area contributed by atoms with E-state index in [9.17, 15) is 14.7 Å². The molecule has 0 saturated carbocycles. The summed E-state index contributed by atoms with van der Waals surface area (Å²) in [5, 5.41) is 11.5. The van der Waals surface area contributed by atoms with E-state index < -0.39 is 17.5 Å². The van der Waals surface area contributed by atoms with E-state index >= 15 is 0 Å². The molecule has 0 spiro atoms. The second-order valence-corrected chi connectivity index (χ2v) is 8.00. The predicted molar refractivity (Wildman–Crippen MR) is 106 cm³/mol. The van der Waals surface area contributed by atoms with Crippen molar-refractivity contribution in [3.8, 4) is 17.1 Å². The second kappa shape index (κ2) is 7.15. The summed E-state index contributed by atoms with van der Waals surface area (Å²) < 4.78 is 11.5. The molecular weight excluding hydrogens is 356 g/mol. The molecule has 1 unspecified atom stereocenters. The molecule has 0 aliphatic rings. The SMILES string of the molecule is Cc1ccc2oc(-c3ccc(C(C)(C)C)cc3)c(OC(C)C(=O)[O-])c(=O)c2c1. The van der Waals surface area contributed by atoms with E-state index in [4.69, 9.17) is 9.15 Å². The Balaban J connectivity index is 2.23. The van der Waals surface area contributed by atoms with Crippen molar-refractivity contribution in [1.29, 1.82) is 0 Å². The van der Waals surface area contributed by atoms with Crippen LogP contribution in [0.4, 0.5) is 0 Å². The topological polar surface area (TPSA) is 79.6 Å². The molecule has 1 atom stereocenters. The fourth-order valence-corrected chi connectivity index (χ4v) is 2.94. The van der Waals surface area contributed by atoms with Crippen LogP contribution in [0, 0.1) is 6.92 Å². The maximum absolute atomic E-state index is 13.1. The van der Waals surface area contributed by atoms with Crippen molar-refractivity contribution in [2.24, 2.45) is 0 Å². The van der Waals surface area contributed by atoms with Crippen molar-refractivity contribution < 1.29 is 19.1 Å². The van der Waals surface area contributed by atoms with E-state index in [2.05, 4.69) is 20.8 Å². The van der Waals surface area contributed by atoms with Gasteiger partial charge in [-0.2, -0.15) is 0 Å². The number of fused-ring (bicyclic) bond motifs is 1. The van der Waals surface area contributed by atoms with E-state index in [-0.39, 0.29) is 16.9 Å². The van der Waals surface area contributed by atoms with Crippen LogP contribution in [0.5, 0.6) is 5.75 Å². The lowest BCUT2D eigenvalue weighted by molar-refractivity contribution is -0.312. The van der Waals surface area contributed by atoms with Gasteiger partial charge in [-0.25, -0.2) is 0 Å². The van der Waals surface area contributed by atoms with Gasteiger partial charge in [0.1, 0.15) is 11.7 Å². The van der Waals surface area contributed by atoms with Gasteiger partial charge in [-0.3, -0.25) is 4.79 Å². The van der Waals surface area contributed by atoms with Gasteiger partial charge in [0.25, 0.3) is 0 Å². The van der Waals surface area contributed by atoms with Crippen LogP contribution in [0.2, 0.25) is 0 Å². The molecule has 0 aliphatic carbocycles. The molecule has 2 aromatic carbocycles. The van der Waals surface area contributed by atoms with Crippen molar-refractivity contribution in [2.45, 2.75) is 46.1 Å². The minimum absolute atomic E-state index is 0.0247. The fraction of sp³-hybridized carbons (Fsp3) is 0.304. The van der Waals surface area contributed by atoms with Crippen molar-refractivity contribution >= 4 is 16.9 Å². The Labute approximate surface area is 163 Å². The molecule has 5 nitrogen and oxygen atoms in total. The summed E-state index contributed by atoms with van der Waals surface area (Å²) in [6.45, 7) is 9.51. The highest BCUT2D eigenvalue weighted by atomic mass is 16.5. The van der Waals surface area contributed by atoms with Crippen molar-refractivity contribution in [2.75, 3.05) is 0 Å². The van der Waals surface area contributed by atoms with Crippen LogP contribution < -0.4 is 15.3 Å². The zero-order valence-electron chi connectivity index (χ0n) is 16.7. The third-order valence-corrected chi connectivity index (χ3v) is 4.64. The van der Waals surface area contributed by atoms with E-state index in [0.29, 0.717) is 16.5 Å². The van der Waals surface area contributed by atoms with Gasteiger partial charge in [-0.05, 0) is 37.0 Å². The average Bonchev–Trinajstić information content (AvgIpc) is 2.63. The highest BCUT2D eigenvalue weighted by molar-refractivity contribution is 5.83. The molecular formula is C23H23O5-. The summed E-state index contributed by atoms with van der Waals surface area (Å²) in [6.07, 6.45) is -1.29. The number of aryl methyl sites for hydroxylation is 1. The molecule has 0 fully saturated rings. The van der Waals surface area contributed by atoms with Gasteiger partial charge in [-0.15, -0.1) is 0 Å². The molecule has 0 radical (unpaired) electrons. The molecule has 1 heterocycles. The Bertz CT molecular complexity index is 1080. The Morgan fingerprint density at radius 1 is 1.11 bits per heavy atom. The second-order valence-electron chi connectivity index (χ2n) is 8.00. The van der Waals surface area contributed by atoms with Crippen molar-refractivity contribution in [1.82, 2.24) is 0 Å². The maximum Gasteiger partial charge on any atom is 0.235 e. The number of rotatable bonds is 4. The first kappa shape index (κ1) is 19.7. The minimum Gasteiger partial charge on any atom is -0.546 e. The van der Waals surface area contributed by atoms with E-state index in [1.54, 1.807) is 12.1 Å². The minimum atomic E-state index is -1.40. The molecule has 0 amide bonds. The molecule has 1 aromatic heterocycles.